The first-order valence-electron chi connectivity index (χ1n) is 24.1. The molecule has 0 radical (unpaired) electrons. The van der Waals surface area contributed by atoms with Crippen molar-refractivity contribution in [1.29, 1.82) is 0 Å². The second-order valence-electron chi connectivity index (χ2n) is 18.2. The molecule has 4 aliphatic rings. The van der Waals surface area contributed by atoms with Crippen LogP contribution in [-0.2, 0) is 41.9 Å². The zero-order valence-electron chi connectivity index (χ0n) is 38.5. The van der Waals surface area contributed by atoms with Gasteiger partial charge in [0.15, 0.2) is 17.6 Å². The molecular formula is C51H65N7O9. The summed E-state index contributed by atoms with van der Waals surface area (Å²) in [6.45, 7) is 3.43. The van der Waals surface area contributed by atoms with Gasteiger partial charge in [-0.2, -0.15) is 0 Å². The van der Waals surface area contributed by atoms with Gasteiger partial charge in [0, 0.05) is 43.6 Å². The summed E-state index contributed by atoms with van der Waals surface area (Å²) in [5.74, 6) is -1.75. The minimum absolute atomic E-state index is 0.0748. The molecule has 0 spiro atoms. The summed E-state index contributed by atoms with van der Waals surface area (Å²) in [7, 11) is 0. The number of Topliss-reactive ketones (excluding diaryl/α,β-unsaturated/α-hetero) is 2. The highest BCUT2D eigenvalue weighted by atomic mass is 16.5. The van der Waals surface area contributed by atoms with Gasteiger partial charge >= 0.3 is 12.1 Å². The summed E-state index contributed by atoms with van der Waals surface area (Å²) >= 11 is 0. The number of hydrogen-bond acceptors (Lipinski definition) is 10. The van der Waals surface area contributed by atoms with Crippen molar-refractivity contribution in [2.24, 2.45) is 17.6 Å². The van der Waals surface area contributed by atoms with Gasteiger partial charge in [-0.1, -0.05) is 68.5 Å². The van der Waals surface area contributed by atoms with E-state index in [-0.39, 0.29) is 79.0 Å². The van der Waals surface area contributed by atoms with E-state index in [0.717, 1.165) is 56.0 Å². The zero-order chi connectivity index (χ0) is 47.1. The highest BCUT2D eigenvalue weighted by Crippen LogP contribution is 2.37. The number of benzene rings is 3. The second-order valence-corrected chi connectivity index (χ2v) is 18.2. The van der Waals surface area contributed by atoms with Crippen molar-refractivity contribution >= 4 is 58.5 Å². The van der Waals surface area contributed by atoms with Gasteiger partial charge in [-0.3, -0.25) is 33.8 Å². The molecule has 0 aromatic heterocycles. The Labute approximate surface area is 392 Å². The Hall–Kier alpha value is -6.29. The number of nitrogens with two attached hydrogens (primary N) is 1. The average molecular weight is 920 g/mol. The Balaban J connectivity index is 0.918. The molecule has 16 nitrogen and oxygen atoms in total. The summed E-state index contributed by atoms with van der Waals surface area (Å²) in [6, 6.07) is 18.1. The quantitative estimate of drug-likeness (QED) is 0.0792. The number of primary amides is 1. The number of piperidine rings is 1. The van der Waals surface area contributed by atoms with Gasteiger partial charge in [-0.05, 0) is 112 Å². The van der Waals surface area contributed by atoms with Gasteiger partial charge in [-0.15, -0.1) is 0 Å². The normalized spacial score (nSPS) is 17.2. The number of ether oxygens (including phenoxy) is 2. The van der Waals surface area contributed by atoms with E-state index in [1.165, 1.54) is 46.8 Å². The Morgan fingerprint density at radius 2 is 1.27 bits per heavy atom. The van der Waals surface area contributed by atoms with Crippen LogP contribution in [0.3, 0.4) is 0 Å². The third-order valence-corrected chi connectivity index (χ3v) is 13.3. The topological polar surface area (TPSA) is 201 Å². The molecule has 3 fully saturated rings. The van der Waals surface area contributed by atoms with E-state index in [4.69, 9.17) is 15.2 Å². The molecule has 16 heteroatoms. The lowest BCUT2D eigenvalue weighted by Gasteiger charge is -2.32. The third-order valence-electron chi connectivity index (χ3n) is 13.3. The molecule has 0 atom stereocenters. The standard InChI is InChI=1S/C51H65N7O9/c52-50(64)58(47-48(62)56(33-44(59)38-16-2-3-17-38)42-22-6-7-23-43(42)57(49(47)63)34-45(60)39-18-4-5-19-39)40-20-10-15-37(30-40)35-67-51(65)54-25-12-24-46(61)53-26-13-29-66-41-21-11-14-36(31-41)32-55-27-8-1-9-28-55/h6-7,10-11,14-15,20-23,30-31,38-39,47H,1-5,8-9,12-13,16-19,24-29,32-35H2,(H2,52,64)(H,53,61)(H,54,65). The molecule has 3 aromatic rings. The van der Waals surface area contributed by atoms with Gasteiger partial charge in [0.25, 0.3) is 11.8 Å². The van der Waals surface area contributed by atoms with E-state index in [2.05, 4.69) is 27.7 Å². The van der Waals surface area contributed by atoms with Crippen molar-refractivity contribution in [3.63, 3.8) is 0 Å². The molecule has 2 heterocycles. The number of nitrogens with one attached hydrogen (secondary N) is 2. The number of amides is 6. The minimum atomic E-state index is -1.86. The van der Waals surface area contributed by atoms with Crippen LogP contribution in [-0.4, -0.2) is 98.2 Å². The molecule has 2 aliphatic heterocycles. The zero-order valence-corrected chi connectivity index (χ0v) is 38.5. The molecule has 358 valence electrons. The van der Waals surface area contributed by atoms with Crippen molar-refractivity contribution < 1.29 is 43.0 Å². The number of anilines is 3. The third kappa shape index (κ3) is 13.2. The van der Waals surface area contributed by atoms with E-state index in [1.54, 1.807) is 36.4 Å². The fourth-order valence-corrected chi connectivity index (χ4v) is 9.70. The van der Waals surface area contributed by atoms with Gasteiger partial charge < -0.3 is 35.6 Å². The number of nitrogens with zero attached hydrogens (tertiary/aromatic N) is 4. The smallest absolute Gasteiger partial charge is 0.407 e. The molecular weight excluding hydrogens is 855 g/mol. The summed E-state index contributed by atoms with van der Waals surface area (Å²) in [5, 5.41) is 5.53. The summed E-state index contributed by atoms with van der Waals surface area (Å²) in [5.41, 5.74) is 8.31. The number of hydrogen-bond donors (Lipinski definition) is 3. The molecule has 0 bridgehead atoms. The van der Waals surface area contributed by atoms with Gasteiger partial charge in [0.05, 0.1) is 31.1 Å². The Morgan fingerprint density at radius 1 is 0.672 bits per heavy atom. The second kappa shape index (κ2) is 23.9. The van der Waals surface area contributed by atoms with Gasteiger partial charge in [-0.25, -0.2) is 9.59 Å². The first kappa shape index (κ1) is 48.6. The monoisotopic (exact) mass is 919 g/mol. The number of carbonyl (C=O) groups excluding carboxylic acids is 7. The van der Waals surface area contributed by atoms with E-state index in [0.29, 0.717) is 57.2 Å². The van der Waals surface area contributed by atoms with Crippen LogP contribution < -0.4 is 35.8 Å². The maximum Gasteiger partial charge on any atom is 0.407 e. The Kier molecular flexibility index (Phi) is 17.4. The predicted molar refractivity (Wildman–Crippen MR) is 253 cm³/mol. The highest BCUT2D eigenvalue weighted by Gasteiger charge is 2.47. The van der Waals surface area contributed by atoms with E-state index < -0.39 is 30.0 Å². The summed E-state index contributed by atoms with van der Waals surface area (Å²) in [6.07, 6.45) is 10.7. The number of alkyl carbamates (subject to hydrolysis) is 1. The molecule has 3 aromatic carbocycles. The average Bonchev–Trinajstić information content (AvgIpc) is 4.08. The van der Waals surface area contributed by atoms with Crippen molar-refractivity contribution in [2.75, 3.05) is 60.6 Å². The molecule has 2 aliphatic carbocycles. The van der Waals surface area contributed by atoms with Gasteiger partial charge in [0.2, 0.25) is 5.91 Å². The van der Waals surface area contributed by atoms with Crippen LogP contribution in [0.5, 0.6) is 5.75 Å². The lowest BCUT2D eigenvalue weighted by atomic mass is 10.0. The number of likely N-dealkylation sites (tertiary alicyclic amines) is 1. The summed E-state index contributed by atoms with van der Waals surface area (Å²) in [4.78, 5) is 101. The van der Waals surface area contributed by atoms with Crippen molar-refractivity contribution in [1.82, 2.24) is 15.5 Å². The van der Waals surface area contributed by atoms with Crippen molar-refractivity contribution in [3.8, 4) is 5.75 Å². The number of carbonyl (C=O) groups is 7. The van der Waals surface area contributed by atoms with Crippen LogP contribution in [0.25, 0.3) is 0 Å². The summed E-state index contributed by atoms with van der Waals surface area (Å²) < 4.78 is 11.4. The largest absolute Gasteiger partial charge is 0.494 e. The van der Waals surface area contributed by atoms with E-state index in [1.807, 2.05) is 12.1 Å². The molecule has 67 heavy (non-hydrogen) atoms. The molecule has 1 saturated heterocycles. The Morgan fingerprint density at radius 3 is 1.90 bits per heavy atom. The lowest BCUT2D eigenvalue weighted by Crippen LogP contribution is -2.60. The minimum Gasteiger partial charge on any atom is -0.494 e. The molecule has 2 saturated carbocycles. The van der Waals surface area contributed by atoms with Gasteiger partial charge in [0.1, 0.15) is 12.4 Å². The van der Waals surface area contributed by atoms with Crippen LogP contribution >= 0.6 is 0 Å². The fraction of sp³-hybridized carbons (Fsp3) is 0.510. The number of para-hydroxylation sites is 2. The predicted octanol–water partition coefficient (Wildman–Crippen LogP) is 6.42. The van der Waals surface area contributed by atoms with Crippen molar-refractivity contribution in [2.45, 2.75) is 109 Å². The lowest BCUT2D eigenvalue weighted by molar-refractivity contribution is -0.131. The maximum absolute atomic E-state index is 14.8. The van der Waals surface area contributed by atoms with Crippen LogP contribution in [0, 0.1) is 11.8 Å². The first-order chi connectivity index (χ1) is 32.5. The number of fused-ring (bicyclic) bond motifs is 1. The van der Waals surface area contributed by atoms with Crippen molar-refractivity contribution in [3.05, 3.63) is 83.9 Å². The molecule has 0 unspecified atom stereocenters. The molecule has 4 N–H and O–H groups in total. The highest BCUT2D eigenvalue weighted by molar-refractivity contribution is 6.26. The maximum atomic E-state index is 14.8. The number of ketones is 2. The molecule has 7 rings (SSSR count). The SMILES string of the molecule is NC(=O)N(c1cccc(COC(=O)NCCCC(=O)NCCCOc2cccc(CN3CCCCC3)c2)c1)C1C(=O)N(CC(=O)C2CCCC2)c2ccccc2N(CC(=O)C2CCCC2)C1=O. The first-order valence-corrected chi connectivity index (χ1v) is 24.1. The number of rotatable bonds is 21. The van der Waals surface area contributed by atoms with E-state index >= 15 is 0 Å². The molecule has 6 amide bonds. The van der Waals surface area contributed by atoms with Crippen LogP contribution in [0.15, 0.2) is 72.8 Å². The van der Waals surface area contributed by atoms with Crippen LogP contribution in [0.2, 0.25) is 0 Å². The van der Waals surface area contributed by atoms with E-state index in [9.17, 15) is 33.6 Å². The Bertz CT molecular complexity index is 2170. The van der Waals surface area contributed by atoms with Crippen LogP contribution in [0.1, 0.15) is 101 Å². The van der Waals surface area contributed by atoms with Crippen LogP contribution in [0.4, 0.5) is 26.7 Å². The number of urea groups is 1. The fourth-order valence-electron chi connectivity index (χ4n) is 9.70.